The van der Waals surface area contributed by atoms with Gasteiger partial charge in [0.2, 0.25) is 0 Å². The van der Waals surface area contributed by atoms with Crippen LogP contribution in [0.1, 0.15) is 6.23 Å². The van der Waals surface area contributed by atoms with Crippen LogP contribution < -0.4 is 11.2 Å². The molecule has 2 heterocycles. The number of aliphatic hydroxyl groups is 2. The van der Waals surface area contributed by atoms with Gasteiger partial charge in [0.25, 0.3) is 5.56 Å². The van der Waals surface area contributed by atoms with E-state index in [1.165, 1.54) is 0 Å². The van der Waals surface area contributed by atoms with Crippen molar-refractivity contribution in [3.8, 4) is 0 Å². The lowest BCUT2D eigenvalue weighted by Gasteiger charge is -2.31. The molecule has 1 unspecified atom stereocenters. The molecule has 10 nitrogen and oxygen atoms in total. The van der Waals surface area contributed by atoms with Gasteiger partial charge in [0.15, 0.2) is 12.4 Å². The number of hydrogen-bond acceptors (Lipinski definition) is 6. The summed E-state index contributed by atoms with van der Waals surface area (Å²) < 4.78 is 20.5. The minimum absolute atomic E-state index is 0.333. The topological polar surface area (TPSA) is 153 Å². The molecule has 4 atom stereocenters. The van der Waals surface area contributed by atoms with Crippen molar-refractivity contribution in [2.45, 2.75) is 18.0 Å². The van der Waals surface area contributed by atoms with Crippen molar-refractivity contribution in [1.29, 1.82) is 0 Å². The summed E-state index contributed by atoms with van der Waals surface area (Å²) in [6.07, 6.45) is -2.48. The molecule has 0 amide bonds. The van der Waals surface area contributed by atoms with Crippen molar-refractivity contribution in [2.75, 3.05) is 19.8 Å². The molecule has 1 aromatic heterocycles. The number of aliphatic hydroxyl groups excluding tert-OH is 1. The van der Waals surface area contributed by atoms with E-state index in [0.717, 1.165) is 16.8 Å². The van der Waals surface area contributed by atoms with Gasteiger partial charge in [-0.15, -0.1) is 0 Å². The summed E-state index contributed by atoms with van der Waals surface area (Å²) in [4.78, 5) is 27.1. The van der Waals surface area contributed by atoms with Crippen molar-refractivity contribution in [1.82, 2.24) is 9.55 Å². The van der Waals surface area contributed by atoms with Crippen LogP contribution in [-0.2, 0) is 4.74 Å². The zero-order valence-corrected chi connectivity index (χ0v) is 11.3. The number of aromatic nitrogens is 2. The molecule has 0 radical (unpaired) electrons. The highest BCUT2D eigenvalue weighted by Gasteiger charge is 2.54. The van der Waals surface area contributed by atoms with Gasteiger partial charge >= 0.3 is 5.69 Å². The standard InChI is InChI=1S/C11H14FN5O5/c12-8-9(17-2-1-7(19)15-10(17)20)22-5-11(8,21)6(4-18)3-14-16-13/h1-2,6,8-9,18,21H,3-5H2,(H,15,19,20)/t6?,8-,9+,11+/m0/s1. The first kappa shape index (κ1) is 16.2. The Balaban J connectivity index is 2.31. The van der Waals surface area contributed by atoms with E-state index in [9.17, 15) is 24.2 Å². The molecule has 1 aromatic rings. The van der Waals surface area contributed by atoms with Crippen LogP contribution in [0.2, 0.25) is 0 Å². The van der Waals surface area contributed by atoms with Crippen LogP contribution in [0.4, 0.5) is 4.39 Å². The SMILES string of the molecule is [N-]=[N+]=NCC(CO)[C@]1(O)CO[C@@H](n2ccc(=O)[nH]c2=O)[C@@H]1F. The second kappa shape index (κ2) is 6.28. The third kappa shape index (κ3) is 2.74. The third-order valence-electron chi connectivity index (χ3n) is 3.63. The lowest BCUT2D eigenvalue weighted by molar-refractivity contribution is -0.0744. The zero-order valence-electron chi connectivity index (χ0n) is 11.3. The molecule has 120 valence electrons. The Labute approximate surface area is 122 Å². The molecular formula is C11H14FN5O5. The molecule has 1 fully saturated rings. The van der Waals surface area contributed by atoms with Gasteiger partial charge in [-0.2, -0.15) is 0 Å². The van der Waals surface area contributed by atoms with Crippen molar-refractivity contribution < 1.29 is 19.3 Å². The minimum atomic E-state index is -2.12. The van der Waals surface area contributed by atoms with Gasteiger partial charge in [0, 0.05) is 36.2 Å². The Hall–Kier alpha value is -2.20. The molecule has 1 aliphatic rings. The molecule has 0 spiro atoms. The Morgan fingerprint density at radius 3 is 3.00 bits per heavy atom. The molecule has 0 aromatic carbocycles. The van der Waals surface area contributed by atoms with Crippen molar-refractivity contribution in [3.63, 3.8) is 0 Å². The molecule has 1 aliphatic heterocycles. The normalized spacial score (nSPS) is 29.0. The van der Waals surface area contributed by atoms with Gasteiger partial charge in [0.05, 0.1) is 6.61 Å². The van der Waals surface area contributed by atoms with Gasteiger partial charge in [-0.25, -0.2) is 9.18 Å². The van der Waals surface area contributed by atoms with Crippen molar-refractivity contribution >= 4 is 0 Å². The second-order valence-corrected chi connectivity index (χ2v) is 4.90. The van der Waals surface area contributed by atoms with Gasteiger partial charge in [-0.1, -0.05) is 5.11 Å². The molecule has 11 heteroatoms. The lowest BCUT2D eigenvalue weighted by Crippen LogP contribution is -2.50. The predicted octanol–water partition coefficient (Wildman–Crippen LogP) is -0.947. The number of nitrogens with one attached hydrogen (secondary N) is 1. The fraction of sp³-hybridized carbons (Fsp3) is 0.636. The molecule has 22 heavy (non-hydrogen) atoms. The van der Waals surface area contributed by atoms with Gasteiger partial charge in [-0.05, 0) is 5.53 Å². The first-order valence-electron chi connectivity index (χ1n) is 6.35. The van der Waals surface area contributed by atoms with Gasteiger partial charge in [0.1, 0.15) is 5.60 Å². The number of H-pyrrole nitrogens is 1. The zero-order chi connectivity index (χ0) is 16.3. The van der Waals surface area contributed by atoms with E-state index < -0.39 is 48.4 Å². The first-order chi connectivity index (χ1) is 10.4. The highest BCUT2D eigenvalue weighted by molar-refractivity contribution is 5.02. The smallest absolute Gasteiger partial charge is 0.330 e. The Bertz CT molecular complexity index is 699. The van der Waals surface area contributed by atoms with E-state index >= 15 is 0 Å². The van der Waals surface area contributed by atoms with Crippen LogP contribution >= 0.6 is 0 Å². The molecule has 2 rings (SSSR count). The highest BCUT2D eigenvalue weighted by atomic mass is 19.1. The number of ether oxygens (including phenoxy) is 1. The Kier molecular flexibility index (Phi) is 4.62. The van der Waals surface area contributed by atoms with Gasteiger partial charge < -0.3 is 14.9 Å². The van der Waals surface area contributed by atoms with E-state index in [2.05, 4.69) is 10.0 Å². The molecular weight excluding hydrogens is 301 g/mol. The van der Waals surface area contributed by atoms with Crippen LogP contribution in [0.15, 0.2) is 27.0 Å². The van der Waals surface area contributed by atoms with Gasteiger partial charge in [-0.3, -0.25) is 14.3 Å². The third-order valence-corrected chi connectivity index (χ3v) is 3.63. The van der Waals surface area contributed by atoms with Crippen LogP contribution in [0, 0.1) is 5.92 Å². The van der Waals surface area contributed by atoms with E-state index in [4.69, 9.17) is 10.3 Å². The number of hydrogen-bond donors (Lipinski definition) is 3. The van der Waals surface area contributed by atoms with E-state index in [1.54, 1.807) is 0 Å². The number of aromatic amines is 1. The van der Waals surface area contributed by atoms with Crippen LogP contribution in [0.25, 0.3) is 10.4 Å². The summed E-state index contributed by atoms with van der Waals surface area (Å²) in [5, 5.41) is 22.9. The van der Waals surface area contributed by atoms with E-state index in [-0.39, 0.29) is 6.54 Å². The number of halogens is 1. The Morgan fingerprint density at radius 1 is 1.68 bits per heavy atom. The first-order valence-corrected chi connectivity index (χ1v) is 6.35. The van der Waals surface area contributed by atoms with Crippen LogP contribution in [-0.4, -0.2) is 51.3 Å². The summed E-state index contributed by atoms with van der Waals surface area (Å²) in [6.45, 7) is -1.47. The molecule has 1 saturated heterocycles. The summed E-state index contributed by atoms with van der Waals surface area (Å²) in [6, 6.07) is 1.01. The minimum Gasteiger partial charge on any atom is -0.396 e. The van der Waals surface area contributed by atoms with E-state index in [1.807, 2.05) is 4.98 Å². The number of alkyl halides is 1. The largest absolute Gasteiger partial charge is 0.396 e. The second-order valence-electron chi connectivity index (χ2n) is 4.90. The summed E-state index contributed by atoms with van der Waals surface area (Å²) in [7, 11) is 0. The maximum absolute atomic E-state index is 14.6. The molecule has 0 aliphatic carbocycles. The number of azide groups is 1. The fourth-order valence-corrected chi connectivity index (χ4v) is 2.33. The summed E-state index contributed by atoms with van der Waals surface area (Å²) >= 11 is 0. The van der Waals surface area contributed by atoms with Crippen molar-refractivity contribution in [2.24, 2.45) is 11.0 Å². The van der Waals surface area contributed by atoms with E-state index in [0.29, 0.717) is 0 Å². The maximum atomic E-state index is 14.6. The molecule has 0 saturated carbocycles. The van der Waals surface area contributed by atoms with Crippen LogP contribution in [0.5, 0.6) is 0 Å². The molecule has 0 bridgehead atoms. The van der Waals surface area contributed by atoms with Crippen molar-refractivity contribution in [3.05, 3.63) is 43.5 Å². The molecule has 3 N–H and O–H groups in total. The average Bonchev–Trinajstić information content (AvgIpc) is 2.77. The van der Waals surface area contributed by atoms with Crippen LogP contribution in [0.3, 0.4) is 0 Å². The number of nitrogens with zero attached hydrogens (tertiary/aromatic N) is 4. The quantitative estimate of drug-likeness (QED) is 0.363. The Morgan fingerprint density at radius 2 is 2.41 bits per heavy atom. The summed E-state index contributed by atoms with van der Waals surface area (Å²) in [5.41, 5.74) is 4.62. The average molecular weight is 315 g/mol. The maximum Gasteiger partial charge on any atom is 0.330 e. The highest BCUT2D eigenvalue weighted by Crippen LogP contribution is 2.38. The predicted molar refractivity (Wildman–Crippen MR) is 70.7 cm³/mol. The summed E-state index contributed by atoms with van der Waals surface area (Å²) in [5.74, 6) is -1.10. The monoisotopic (exact) mass is 315 g/mol. The number of rotatable bonds is 5. The lowest BCUT2D eigenvalue weighted by atomic mass is 9.85. The fourth-order valence-electron chi connectivity index (χ4n) is 2.33.